The Labute approximate surface area is 826 Å². The molecule has 6 amide bonds. The molecule has 0 saturated carbocycles. The number of aliphatic hydroxyl groups is 1. The Morgan fingerprint density at radius 3 is 1.17 bits per heavy atom. The molecule has 734 valence electrons. The third kappa shape index (κ3) is 30.6. The molecule has 0 aliphatic carbocycles. The Morgan fingerprint density at radius 1 is 0.471 bits per heavy atom. The van der Waals surface area contributed by atoms with E-state index in [1.807, 2.05) is 133 Å². The van der Waals surface area contributed by atoms with Crippen molar-refractivity contribution < 1.29 is 65.6 Å². The lowest BCUT2D eigenvalue weighted by Crippen LogP contribution is -2.40. The maximum Gasteiger partial charge on any atom is 0.415 e. The van der Waals surface area contributed by atoms with Crippen molar-refractivity contribution in [1.82, 2.24) is 88.6 Å². The van der Waals surface area contributed by atoms with Crippen LogP contribution in [0.5, 0.6) is 0 Å². The van der Waals surface area contributed by atoms with E-state index in [9.17, 15) is 51.4 Å². The molecule has 14 rings (SSSR count). The maximum absolute atomic E-state index is 15.0. The van der Waals surface area contributed by atoms with Gasteiger partial charge in [0.25, 0.3) is 11.8 Å². The van der Waals surface area contributed by atoms with Crippen molar-refractivity contribution in [2.24, 2.45) is 5.92 Å². The SMILES string of the molecule is CCCN(C(=O)OC(C)(C)C)c1c(C)nn(-c2cccnc2)c1F.CCN(C(=O)C(C)Cl)c1cn(-c2cccnc2)nc1Cl.CCN(C(=O)C(C)O)c1cn(-c2cccnc2)nc1Cl.CCN(C(=O)C(C)OCC(F)(F)F)c1cn(-c2cccnc2)nc1Cl.CCN(C(=O)C1CCSC1)c1cn(-c2cccnc2)nc1Cl.Cc1nn(-c2cccnc2)cc1N(Cc1ccccc1)C(=O)OC(C)(C)C. The lowest BCUT2D eigenvalue weighted by molar-refractivity contribution is -0.185. The highest BCUT2D eigenvalue weighted by atomic mass is 35.5. The van der Waals surface area contributed by atoms with Gasteiger partial charge in [0.1, 0.15) is 63.8 Å². The van der Waals surface area contributed by atoms with Crippen molar-refractivity contribution >= 4 is 140 Å². The number of halogens is 9. The van der Waals surface area contributed by atoms with Crippen LogP contribution in [-0.2, 0) is 39.9 Å². The van der Waals surface area contributed by atoms with Crippen molar-refractivity contribution in [1.29, 1.82) is 0 Å². The summed E-state index contributed by atoms with van der Waals surface area (Å²) in [5.74, 6) is 0.296. The lowest BCUT2D eigenvalue weighted by atomic mass is 10.1. The fourth-order valence-electron chi connectivity index (χ4n) is 13.2. The zero-order valence-corrected chi connectivity index (χ0v) is 83.5. The summed E-state index contributed by atoms with van der Waals surface area (Å²) >= 11 is 32.3. The van der Waals surface area contributed by atoms with Crippen LogP contribution in [0.25, 0.3) is 34.1 Å². The molecule has 0 spiro atoms. The van der Waals surface area contributed by atoms with E-state index in [1.54, 1.807) is 200 Å². The number of nitrogens with zero attached hydrogens (tertiary/aromatic N) is 24. The molecule has 0 bridgehead atoms. The van der Waals surface area contributed by atoms with Crippen LogP contribution >= 0.6 is 69.8 Å². The summed E-state index contributed by atoms with van der Waals surface area (Å²) in [6.45, 7) is 28.8. The van der Waals surface area contributed by atoms with Gasteiger partial charge in [-0.1, -0.05) is 83.7 Å². The van der Waals surface area contributed by atoms with Crippen LogP contribution < -0.4 is 29.4 Å². The summed E-state index contributed by atoms with van der Waals surface area (Å²) in [7, 11) is 0. The van der Waals surface area contributed by atoms with E-state index in [-0.39, 0.29) is 51.1 Å². The van der Waals surface area contributed by atoms with Crippen LogP contribution in [0.1, 0.15) is 127 Å². The second-order valence-electron chi connectivity index (χ2n) is 32.4. The van der Waals surface area contributed by atoms with Crippen LogP contribution in [0.3, 0.4) is 0 Å². The highest BCUT2D eigenvalue weighted by molar-refractivity contribution is 7.99. The molecule has 13 heterocycles. The highest BCUT2D eigenvalue weighted by Gasteiger charge is 2.36. The number of aliphatic hydroxyl groups excluding tert-OH is 1. The largest absolute Gasteiger partial charge is 0.443 e. The number of anilines is 6. The smallest absolute Gasteiger partial charge is 0.415 e. The van der Waals surface area contributed by atoms with E-state index in [4.69, 9.17) is 67.5 Å². The standard InChI is InChI=1S/C21H24N4O2.C17H23FN4O2.C15H16ClF3N4O2.C15H17ClN4OS.C13H14Cl2N4O.C13H15ClN4O2/c1-16-19(15-25(23-16)18-11-8-12-22-13-18)24(20(26)27-21(2,3)4)14-17-9-6-5-7-10-17;1-6-10-21(16(23)24-17(3,4)5)14-12(2)20-22(15(14)18)13-8-7-9-19-11-13;1-3-22(14(24)10(2)25-9-15(17,18)19)12-8-23(21-13(12)16)11-5-4-6-20-7-11;1-2-19(15(21)11-5-7-22-10-11)13-9-20(18-14(13)16)12-4-3-6-17-8-12;1-3-18(13(20)9(2)14)11-8-19(17-12(11)15)10-5-4-6-16-7-10;1-3-17(13(20)9(2)19)11-8-18(16-12(11)14)10-5-4-6-15-7-10/h5-13,15H,14H2,1-4H3;7-9,11H,6,10H2,1-5H3;4-8,10H,3,9H2,1-2H3;3-4,6,8-9,11H,2,5,7,10H2,1H3;4-9H,3H2,1-2H3;4-9,19H,3H2,1-2H3. The normalized spacial score (nSPS) is 12.9. The Morgan fingerprint density at radius 2 is 0.833 bits per heavy atom. The average molecular weight is 2020 g/mol. The summed E-state index contributed by atoms with van der Waals surface area (Å²) in [6.07, 6.45) is 22.0. The molecule has 138 heavy (non-hydrogen) atoms. The van der Waals surface area contributed by atoms with Crippen LogP contribution in [0.2, 0.25) is 20.6 Å². The lowest BCUT2D eigenvalue weighted by Gasteiger charge is -2.27. The van der Waals surface area contributed by atoms with E-state index in [1.165, 1.54) is 50.5 Å². The van der Waals surface area contributed by atoms with Crippen molar-refractivity contribution in [3.63, 3.8) is 0 Å². The number of thioether (sulfide) groups is 1. The number of ether oxygens (including phenoxy) is 3. The number of likely N-dealkylation sites (N-methyl/N-ethyl adjacent to an activating group) is 2. The number of hydrogen-bond acceptors (Lipinski definition) is 23. The summed E-state index contributed by atoms with van der Waals surface area (Å²) in [5.41, 5.74) is 7.96. The van der Waals surface area contributed by atoms with Gasteiger partial charge in [-0.2, -0.15) is 59.9 Å². The van der Waals surface area contributed by atoms with Crippen molar-refractivity contribution in [2.75, 3.05) is 80.2 Å². The van der Waals surface area contributed by atoms with Crippen LogP contribution in [0, 0.1) is 25.7 Å². The first-order chi connectivity index (χ1) is 65.6. The highest BCUT2D eigenvalue weighted by Crippen LogP contribution is 2.36. The predicted molar refractivity (Wildman–Crippen MR) is 526 cm³/mol. The molecule has 1 fully saturated rings. The van der Waals surface area contributed by atoms with Gasteiger partial charge in [0.05, 0.1) is 126 Å². The molecule has 13 aromatic rings. The van der Waals surface area contributed by atoms with E-state index < -0.39 is 71.5 Å². The number of alkyl halides is 4. The summed E-state index contributed by atoms with van der Waals surface area (Å²) < 4.78 is 76.4. The van der Waals surface area contributed by atoms with E-state index in [0.717, 1.165) is 56.6 Å². The molecule has 1 N–H and O–H groups in total. The molecular formula is C94H109Cl5F4N24O10S. The number of carbonyl (C=O) groups excluding carboxylic acids is 6. The predicted octanol–water partition coefficient (Wildman–Crippen LogP) is 19.2. The van der Waals surface area contributed by atoms with E-state index in [2.05, 4.69) is 65.2 Å². The minimum atomic E-state index is -4.51. The molecule has 4 atom stereocenters. The minimum Gasteiger partial charge on any atom is -0.443 e. The fraction of sp³-hybridized carbons (Fsp3) is 0.362. The number of aryl methyl sites for hydroxylation is 2. The number of amides is 6. The van der Waals surface area contributed by atoms with Crippen molar-refractivity contribution in [2.45, 2.75) is 165 Å². The number of benzene rings is 1. The van der Waals surface area contributed by atoms with Crippen molar-refractivity contribution in [3.8, 4) is 34.1 Å². The van der Waals surface area contributed by atoms with Gasteiger partial charge in [-0.25, -0.2) is 37.7 Å². The number of aromatic nitrogens is 18. The van der Waals surface area contributed by atoms with Gasteiger partial charge in [0.2, 0.25) is 17.8 Å². The monoisotopic (exact) mass is 2020 g/mol. The third-order valence-electron chi connectivity index (χ3n) is 19.6. The number of rotatable bonds is 26. The molecule has 1 aliphatic heterocycles. The van der Waals surface area contributed by atoms with Gasteiger partial charge in [-0.3, -0.25) is 58.9 Å². The average Bonchev–Trinajstić information content (AvgIpc) is 1.63. The molecule has 12 aromatic heterocycles. The zero-order chi connectivity index (χ0) is 101. The van der Waals surface area contributed by atoms with Gasteiger partial charge < -0.3 is 38.9 Å². The topological polar surface area (TPSA) is 354 Å². The summed E-state index contributed by atoms with van der Waals surface area (Å²) in [4.78, 5) is 107. The van der Waals surface area contributed by atoms with Gasteiger partial charge in [0, 0.05) is 81.6 Å². The number of hydrogen-bond donors (Lipinski definition) is 1. The Hall–Kier alpha value is -12.8. The fourth-order valence-corrected chi connectivity index (χ4v) is 15.5. The van der Waals surface area contributed by atoms with E-state index in [0.29, 0.717) is 84.1 Å². The molecule has 34 nitrogen and oxygen atoms in total. The Kier molecular flexibility index (Phi) is 40.3. The van der Waals surface area contributed by atoms with Crippen molar-refractivity contribution in [3.05, 3.63) is 252 Å². The quantitative estimate of drug-likeness (QED) is 0.0389. The first kappa shape index (κ1) is 109. The molecule has 1 aliphatic rings. The first-order valence-electron chi connectivity index (χ1n) is 43.7. The number of carbonyl (C=O) groups is 6. The third-order valence-corrected chi connectivity index (χ3v) is 22.1. The zero-order valence-electron chi connectivity index (χ0n) is 78.9. The van der Waals surface area contributed by atoms with Gasteiger partial charge in [-0.15, -0.1) is 11.6 Å². The summed E-state index contributed by atoms with van der Waals surface area (Å²) in [5, 5.41) is 35.2. The Balaban J connectivity index is 0.000000186. The molecule has 44 heteroatoms. The minimum absolute atomic E-state index is 0.0436. The van der Waals surface area contributed by atoms with Gasteiger partial charge >= 0.3 is 18.4 Å². The molecule has 0 radical (unpaired) electrons. The van der Waals surface area contributed by atoms with E-state index >= 15 is 0 Å². The van der Waals surface area contributed by atoms with Crippen LogP contribution in [0.15, 0.2) is 208 Å². The van der Waals surface area contributed by atoms with Crippen LogP contribution in [0.4, 0.5) is 61.3 Å². The molecular weight excluding hydrogens is 1910 g/mol. The molecule has 1 aromatic carbocycles. The van der Waals surface area contributed by atoms with Crippen LogP contribution in [-0.4, -0.2) is 215 Å². The number of pyridine rings is 6. The second-order valence-corrected chi connectivity index (χ2v) is 35.6. The van der Waals surface area contributed by atoms with Gasteiger partial charge in [0.15, 0.2) is 20.6 Å². The maximum atomic E-state index is 15.0. The molecule has 1 saturated heterocycles. The first-order valence-corrected chi connectivity index (χ1v) is 46.8. The summed E-state index contributed by atoms with van der Waals surface area (Å²) in [6, 6.07) is 31.4. The Bertz CT molecular complexity index is 5970. The van der Waals surface area contributed by atoms with Gasteiger partial charge in [-0.05, 0) is 201 Å². The molecule has 4 unspecified atom stereocenters. The second kappa shape index (κ2) is 51.1.